The molecule has 2 heterocycles. The van der Waals surface area contributed by atoms with Crippen LogP contribution in [0.25, 0.3) is 6.08 Å². The van der Waals surface area contributed by atoms with E-state index in [2.05, 4.69) is 15.3 Å². The number of amides is 1. The topological polar surface area (TPSA) is 81.2 Å². The second kappa shape index (κ2) is 7.46. The van der Waals surface area contributed by atoms with Crippen molar-refractivity contribution in [3.63, 3.8) is 0 Å². The van der Waals surface area contributed by atoms with E-state index in [0.717, 1.165) is 16.3 Å². The van der Waals surface area contributed by atoms with Gasteiger partial charge in [-0.1, -0.05) is 6.07 Å². The lowest BCUT2D eigenvalue weighted by atomic mass is 10.4. The Hall–Kier alpha value is -2.54. The molecule has 7 heteroatoms. The molecule has 22 heavy (non-hydrogen) atoms. The summed E-state index contributed by atoms with van der Waals surface area (Å²) in [6, 6.07) is 5.55. The Bertz CT molecular complexity index is 676. The third-order valence-corrected chi connectivity index (χ3v) is 3.34. The van der Waals surface area contributed by atoms with Gasteiger partial charge in [0.2, 0.25) is 5.95 Å². The van der Waals surface area contributed by atoms with Crippen molar-refractivity contribution in [2.24, 2.45) is 0 Å². The van der Waals surface area contributed by atoms with Crippen molar-refractivity contribution in [3.8, 4) is 0 Å². The number of anilines is 1. The van der Waals surface area contributed by atoms with Crippen LogP contribution >= 0.6 is 11.3 Å². The lowest BCUT2D eigenvalue weighted by Crippen LogP contribution is -2.21. The predicted molar refractivity (Wildman–Crippen MR) is 84.4 cm³/mol. The van der Waals surface area contributed by atoms with Gasteiger partial charge in [0, 0.05) is 22.3 Å². The van der Waals surface area contributed by atoms with Crippen LogP contribution in [0.2, 0.25) is 0 Å². The number of rotatable bonds is 5. The summed E-state index contributed by atoms with van der Waals surface area (Å²) in [5.74, 6) is -0.861. The molecule has 2 aromatic rings. The van der Waals surface area contributed by atoms with Crippen LogP contribution in [-0.2, 0) is 14.3 Å². The van der Waals surface area contributed by atoms with Gasteiger partial charge in [0.15, 0.2) is 6.61 Å². The van der Waals surface area contributed by atoms with Crippen LogP contribution in [0, 0.1) is 13.8 Å². The molecule has 0 saturated heterocycles. The molecule has 0 aliphatic heterocycles. The quantitative estimate of drug-likeness (QED) is 0.676. The molecule has 1 amide bonds. The average molecular weight is 317 g/mol. The van der Waals surface area contributed by atoms with Crippen LogP contribution in [-0.4, -0.2) is 28.5 Å². The van der Waals surface area contributed by atoms with E-state index in [9.17, 15) is 9.59 Å². The number of hydrogen-bond acceptors (Lipinski definition) is 6. The number of aryl methyl sites for hydroxylation is 2. The molecule has 2 aromatic heterocycles. The van der Waals surface area contributed by atoms with Gasteiger partial charge in [0.25, 0.3) is 5.91 Å². The molecule has 6 nitrogen and oxygen atoms in total. The summed E-state index contributed by atoms with van der Waals surface area (Å²) < 4.78 is 4.85. The third kappa shape index (κ3) is 5.10. The molecule has 2 rings (SSSR count). The zero-order valence-electron chi connectivity index (χ0n) is 12.2. The highest BCUT2D eigenvalue weighted by Crippen LogP contribution is 2.10. The number of ether oxygens (including phenoxy) is 1. The van der Waals surface area contributed by atoms with Crippen molar-refractivity contribution in [1.29, 1.82) is 0 Å². The van der Waals surface area contributed by atoms with Gasteiger partial charge in [-0.3, -0.25) is 10.1 Å². The Morgan fingerprint density at radius 1 is 1.32 bits per heavy atom. The molecular weight excluding hydrogens is 302 g/mol. The first-order valence-corrected chi connectivity index (χ1v) is 7.41. The summed E-state index contributed by atoms with van der Waals surface area (Å²) in [4.78, 5) is 32.3. The summed E-state index contributed by atoms with van der Waals surface area (Å²) in [6.07, 6.45) is 2.92. The highest BCUT2D eigenvalue weighted by Gasteiger charge is 2.08. The molecule has 0 saturated carbocycles. The Labute approximate surface area is 131 Å². The van der Waals surface area contributed by atoms with Crippen LogP contribution in [0.4, 0.5) is 5.95 Å². The van der Waals surface area contributed by atoms with Gasteiger partial charge in [-0.25, -0.2) is 14.8 Å². The van der Waals surface area contributed by atoms with E-state index in [1.54, 1.807) is 26.0 Å². The summed E-state index contributed by atoms with van der Waals surface area (Å²) in [7, 11) is 0. The second-order valence-corrected chi connectivity index (χ2v) is 5.46. The lowest BCUT2D eigenvalue weighted by molar-refractivity contribution is -0.142. The molecule has 0 radical (unpaired) electrons. The fourth-order valence-corrected chi connectivity index (χ4v) is 2.28. The summed E-state index contributed by atoms with van der Waals surface area (Å²) >= 11 is 1.50. The van der Waals surface area contributed by atoms with E-state index in [4.69, 9.17) is 4.74 Å². The fraction of sp³-hybridized carbons (Fsp3) is 0.200. The maximum atomic E-state index is 11.7. The number of thiophene rings is 1. The fourth-order valence-electron chi connectivity index (χ4n) is 1.66. The Kier molecular flexibility index (Phi) is 5.37. The lowest BCUT2D eigenvalue weighted by Gasteiger charge is -2.05. The average Bonchev–Trinajstić information content (AvgIpc) is 2.95. The molecule has 0 fully saturated rings. The van der Waals surface area contributed by atoms with Gasteiger partial charge in [0.1, 0.15) is 0 Å². The number of carbonyl (C=O) groups excluding carboxylic acids is 2. The molecule has 114 valence electrons. The van der Waals surface area contributed by atoms with E-state index in [-0.39, 0.29) is 12.6 Å². The van der Waals surface area contributed by atoms with E-state index < -0.39 is 11.9 Å². The molecule has 1 N–H and O–H groups in total. The first kappa shape index (κ1) is 15.8. The largest absolute Gasteiger partial charge is 0.452 e. The number of carbonyl (C=O) groups is 2. The van der Waals surface area contributed by atoms with Gasteiger partial charge in [-0.05, 0) is 37.4 Å². The standard InChI is InChI=1S/C15H15N3O3S/c1-10-8-11(2)17-15(16-10)18-13(19)9-21-14(20)6-5-12-4-3-7-22-12/h3-8H,9H2,1-2H3,(H,16,17,18,19)/b6-5+. The summed E-state index contributed by atoms with van der Waals surface area (Å²) in [6.45, 7) is 3.23. The second-order valence-electron chi connectivity index (χ2n) is 4.48. The first-order valence-electron chi connectivity index (χ1n) is 6.53. The number of nitrogens with one attached hydrogen (secondary N) is 1. The monoisotopic (exact) mass is 317 g/mol. The van der Waals surface area contributed by atoms with E-state index in [1.165, 1.54) is 17.4 Å². The van der Waals surface area contributed by atoms with Crippen molar-refractivity contribution in [2.45, 2.75) is 13.8 Å². The van der Waals surface area contributed by atoms with Gasteiger partial charge in [0.05, 0.1) is 0 Å². The van der Waals surface area contributed by atoms with Crippen molar-refractivity contribution in [2.75, 3.05) is 11.9 Å². The maximum absolute atomic E-state index is 11.7. The Balaban J connectivity index is 1.81. The van der Waals surface area contributed by atoms with Crippen molar-refractivity contribution in [1.82, 2.24) is 9.97 Å². The Morgan fingerprint density at radius 2 is 2.05 bits per heavy atom. The SMILES string of the molecule is Cc1cc(C)nc(NC(=O)COC(=O)/C=C/c2cccs2)n1. The number of aromatic nitrogens is 2. The van der Waals surface area contributed by atoms with Gasteiger partial charge < -0.3 is 4.74 Å². The van der Waals surface area contributed by atoms with E-state index >= 15 is 0 Å². The zero-order valence-corrected chi connectivity index (χ0v) is 13.0. The number of esters is 1. The van der Waals surface area contributed by atoms with Gasteiger partial charge >= 0.3 is 5.97 Å². The van der Waals surface area contributed by atoms with Crippen LogP contribution in [0.15, 0.2) is 29.7 Å². The molecule has 0 aliphatic carbocycles. The maximum Gasteiger partial charge on any atom is 0.331 e. The number of hydrogen-bond donors (Lipinski definition) is 1. The third-order valence-electron chi connectivity index (χ3n) is 2.51. The first-order chi connectivity index (χ1) is 10.5. The minimum absolute atomic E-state index is 0.202. The normalized spacial score (nSPS) is 10.6. The van der Waals surface area contributed by atoms with Crippen LogP contribution < -0.4 is 5.32 Å². The highest BCUT2D eigenvalue weighted by atomic mass is 32.1. The molecule has 0 spiro atoms. The van der Waals surface area contributed by atoms with E-state index in [1.807, 2.05) is 17.5 Å². The van der Waals surface area contributed by atoms with Crippen molar-refractivity contribution >= 4 is 35.2 Å². The molecule has 0 aliphatic rings. The molecule has 0 bridgehead atoms. The minimum Gasteiger partial charge on any atom is -0.452 e. The van der Waals surface area contributed by atoms with Crippen LogP contribution in [0.3, 0.4) is 0 Å². The molecule has 0 aromatic carbocycles. The van der Waals surface area contributed by atoms with Crippen molar-refractivity contribution in [3.05, 3.63) is 45.9 Å². The predicted octanol–water partition coefficient (Wildman–Crippen LogP) is 2.35. The summed E-state index contributed by atoms with van der Waals surface area (Å²) in [5.41, 5.74) is 1.50. The minimum atomic E-state index is -0.579. The van der Waals surface area contributed by atoms with E-state index in [0.29, 0.717) is 0 Å². The zero-order chi connectivity index (χ0) is 15.9. The molecule has 0 unspecified atom stereocenters. The van der Waals surface area contributed by atoms with Crippen LogP contribution in [0.5, 0.6) is 0 Å². The van der Waals surface area contributed by atoms with Crippen molar-refractivity contribution < 1.29 is 14.3 Å². The molecule has 0 atom stereocenters. The van der Waals surface area contributed by atoms with Crippen LogP contribution in [0.1, 0.15) is 16.3 Å². The smallest absolute Gasteiger partial charge is 0.331 e. The summed E-state index contributed by atoms with van der Waals surface area (Å²) in [5, 5.41) is 4.39. The molecular formula is C15H15N3O3S. The highest BCUT2D eigenvalue weighted by molar-refractivity contribution is 7.10. The Morgan fingerprint density at radius 3 is 2.68 bits per heavy atom. The number of nitrogens with zero attached hydrogens (tertiary/aromatic N) is 2. The van der Waals surface area contributed by atoms with Gasteiger partial charge in [-0.15, -0.1) is 11.3 Å². The van der Waals surface area contributed by atoms with Gasteiger partial charge in [-0.2, -0.15) is 0 Å².